The van der Waals surface area contributed by atoms with Crippen molar-refractivity contribution >= 4 is 11.6 Å². The van der Waals surface area contributed by atoms with Gasteiger partial charge >= 0.3 is 0 Å². The molecule has 69 valence electrons. The van der Waals surface area contributed by atoms with Crippen molar-refractivity contribution in [1.29, 1.82) is 0 Å². The van der Waals surface area contributed by atoms with E-state index in [1.54, 1.807) is 36.4 Å². The molecule has 0 spiro atoms. The maximum absolute atomic E-state index is 13.4. The summed E-state index contributed by atoms with van der Waals surface area (Å²) in [5.74, 6) is -0.302. The Morgan fingerprint density at radius 2 is 1.79 bits per heavy atom. The second-order valence-corrected chi connectivity index (χ2v) is 3.29. The molecule has 2 heteroatoms. The Morgan fingerprint density at radius 3 is 2.43 bits per heavy atom. The van der Waals surface area contributed by atoms with Crippen LogP contribution in [0.2, 0.25) is 5.02 Å². The van der Waals surface area contributed by atoms with E-state index in [0.29, 0.717) is 10.6 Å². The highest BCUT2D eigenvalue weighted by Crippen LogP contribution is 2.29. The van der Waals surface area contributed by atoms with Gasteiger partial charge in [0.05, 0.1) is 5.02 Å². The highest BCUT2D eigenvalue weighted by atomic mass is 35.5. The molecule has 0 amide bonds. The summed E-state index contributed by atoms with van der Waals surface area (Å²) < 4.78 is 13.4. The summed E-state index contributed by atoms with van der Waals surface area (Å²) in [6.07, 6.45) is 0. The molecule has 0 saturated carbocycles. The van der Waals surface area contributed by atoms with Crippen molar-refractivity contribution in [1.82, 2.24) is 0 Å². The van der Waals surface area contributed by atoms with E-state index in [1.807, 2.05) is 0 Å². The number of rotatable bonds is 1. The summed E-state index contributed by atoms with van der Waals surface area (Å²) >= 11 is 5.91. The third-order valence-corrected chi connectivity index (χ3v) is 2.28. The lowest BCUT2D eigenvalue weighted by Gasteiger charge is -2.04. The summed E-state index contributed by atoms with van der Waals surface area (Å²) in [5.41, 5.74) is 1.22. The van der Waals surface area contributed by atoms with Gasteiger partial charge in [-0.05, 0) is 23.8 Å². The van der Waals surface area contributed by atoms with Crippen LogP contribution in [0.3, 0.4) is 0 Å². The van der Waals surface area contributed by atoms with Gasteiger partial charge in [-0.3, -0.25) is 0 Å². The van der Waals surface area contributed by atoms with Crippen LogP contribution in [0, 0.1) is 11.9 Å². The van der Waals surface area contributed by atoms with E-state index in [-0.39, 0.29) is 5.82 Å². The molecule has 0 aromatic heterocycles. The first-order valence-electron chi connectivity index (χ1n) is 4.19. The Morgan fingerprint density at radius 1 is 1.07 bits per heavy atom. The predicted octanol–water partition coefficient (Wildman–Crippen LogP) is 3.95. The van der Waals surface area contributed by atoms with Crippen LogP contribution in [-0.2, 0) is 0 Å². The molecular formula is C12H7ClF. The molecule has 0 fully saturated rings. The summed E-state index contributed by atoms with van der Waals surface area (Å²) in [5, 5.41) is 0.427. The zero-order chi connectivity index (χ0) is 9.97. The third kappa shape index (κ3) is 1.64. The van der Waals surface area contributed by atoms with Crippen molar-refractivity contribution in [2.45, 2.75) is 0 Å². The molecule has 0 aliphatic carbocycles. The molecule has 1 radical (unpaired) electrons. The molecule has 0 atom stereocenters. The summed E-state index contributed by atoms with van der Waals surface area (Å²) in [4.78, 5) is 0. The fourth-order valence-electron chi connectivity index (χ4n) is 1.33. The Labute approximate surface area is 87.0 Å². The number of hydrogen-bond donors (Lipinski definition) is 0. The predicted molar refractivity (Wildman–Crippen MR) is 55.7 cm³/mol. The minimum atomic E-state index is -0.302. The van der Waals surface area contributed by atoms with E-state index in [2.05, 4.69) is 6.07 Å². The number of halogens is 2. The zero-order valence-corrected chi connectivity index (χ0v) is 8.05. The fourth-order valence-corrected chi connectivity index (χ4v) is 1.60. The summed E-state index contributed by atoms with van der Waals surface area (Å²) in [6, 6.07) is 14.6. The van der Waals surface area contributed by atoms with Crippen LogP contribution in [-0.4, -0.2) is 0 Å². The standard InChI is InChI=1S/C12H7ClF/c13-10-7-4-8-11(14)12(10)9-5-2-1-3-6-9/h2-8H. The van der Waals surface area contributed by atoms with Gasteiger partial charge in [-0.25, -0.2) is 4.39 Å². The van der Waals surface area contributed by atoms with Crippen molar-refractivity contribution in [2.75, 3.05) is 0 Å². The molecule has 0 unspecified atom stereocenters. The molecule has 14 heavy (non-hydrogen) atoms. The van der Waals surface area contributed by atoms with Gasteiger partial charge in [-0.2, -0.15) is 0 Å². The lowest BCUT2D eigenvalue weighted by molar-refractivity contribution is 0.631. The summed E-state index contributed by atoms with van der Waals surface area (Å²) in [6.45, 7) is 0. The number of hydrogen-bond acceptors (Lipinski definition) is 0. The molecule has 2 rings (SSSR count). The average Bonchev–Trinajstić information content (AvgIpc) is 2.19. The Kier molecular flexibility index (Phi) is 2.51. The molecular weight excluding hydrogens is 199 g/mol. The molecule has 0 saturated heterocycles. The molecule has 0 bridgehead atoms. The van der Waals surface area contributed by atoms with Crippen LogP contribution in [0.15, 0.2) is 42.5 Å². The normalized spacial score (nSPS) is 10.1. The maximum Gasteiger partial charge on any atom is 0.132 e. The van der Waals surface area contributed by atoms with Crippen LogP contribution in [0.25, 0.3) is 11.1 Å². The van der Waals surface area contributed by atoms with E-state index in [1.165, 1.54) is 6.07 Å². The van der Waals surface area contributed by atoms with Crippen LogP contribution in [0.4, 0.5) is 4.39 Å². The summed E-state index contributed by atoms with van der Waals surface area (Å²) in [7, 11) is 0. The molecule has 0 N–H and O–H groups in total. The molecule has 0 aliphatic heterocycles. The topological polar surface area (TPSA) is 0 Å². The van der Waals surface area contributed by atoms with Gasteiger partial charge in [0.25, 0.3) is 0 Å². The molecule has 2 aromatic carbocycles. The largest absolute Gasteiger partial charge is 0.206 e. The highest BCUT2D eigenvalue weighted by molar-refractivity contribution is 6.33. The zero-order valence-electron chi connectivity index (χ0n) is 7.30. The average molecular weight is 206 g/mol. The van der Waals surface area contributed by atoms with E-state index < -0.39 is 0 Å². The Hall–Kier alpha value is -1.34. The van der Waals surface area contributed by atoms with Crippen LogP contribution >= 0.6 is 11.6 Å². The minimum Gasteiger partial charge on any atom is -0.206 e. The lowest BCUT2D eigenvalue weighted by Crippen LogP contribution is -1.84. The van der Waals surface area contributed by atoms with E-state index in [0.717, 1.165) is 5.56 Å². The third-order valence-electron chi connectivity index (χ3n) is 1.97. The van der Waals surface area contributed by atoms with Gasteiger partial charge in [0.2, 0.25) is 0 Å². The van der Waals surface area contributed by atoms with Crippen molar-refractivity contribution in [3.8, 4) is 11.1 Å². The van der Waals surface area contributed by atoms with Crippen molar-refractivity contribution in [3.05, 3.63) is 59.4 Å². The maximum atomic E-state index is 13.4. The number of benzene rings is 2. The van der Waals surface area contributed by atoms with Crippen molar-refractivity contribution in [3.63, 3.8) is 0 Å². The monoisotopic (exact) mass is 205 g/mol. The van der Waals surface area contributed by atoms with Gasteiger partial charge in [0, 0.05) is 5.56 Å². The quantitative estimate of drug-likeness (QED) is 0.662. The van der Waals surface area contributed by atoms with Gasteiger partial charge in [-0.1, -0.05) is 41.9 Å². The second-order valence-electron chi connectivity index (χ2n) is 2.89. The smallest absolute Gasteiger partial charge is 0.132 e. The van der Waals surface area contributed by atoms with E-state index in [4.69, 9.17) is 11.6 Å². The Bertz CT molecular complexity index is 417. The van der Waals surface area contributed by atoms with Gasteiger partial charge in [0.1, 0.15) is 5.82 Å². The second kappa shape index (κ2) is 3.81. The molecule has 0 nitrogen and oxygen atoms in total. The lowest BCUT2D eigenvalue weighted by atomic mass is 10.1. The van der Waals surface area contributed by atoms with E-state index in [9.17, 15) is 4.39 Å². The van der Waals surface area contributed by atoms with Crippen LogP contribution in [0.1, 0.15) is 0 Å². The highest BCUT2D eigenvalue weighted by Gasteiger charge is 2.07. The Balaban J connectivity index is 2.63. The van der Waals surface area contributed by atoms with E-state index >= 15 is 0 Å². The van der Waals surface area contributed by atoms with Gasteiger partial charge in [-0.15, -0.1) is 0 Å². The first kappa shape index (κ1) is 9.22. The van der Waals surface area contributed by atoms with Gasteiger partial charge in [0.15, 0.2) is 0 Å². The van der Waals surface area contributed by atoms with Crippen LogP contribution in [0.5, 0.6) is 0 Å². The minimum absolute atomic E-state index is 0.302. The molecule has 0 aliphatic rings. The first-order valence-corrected chi connectivity index (χ1v) is 4.57. The van der Waals surface area contributed by atoms with Crippen molar-refractivity contribution < 1.29 is 4.39 Å². The first-order chi connectivity index (χ1) is 6.79. The van der Waals surface area contributed by atoms with Crippen LogP contribution < -0.4 is 0 Å². The SMILES string of the molecule is Fc1cccc(Cl)c1-c1cc[c]cc1. The van der Waals surface area contributed by atoms with Gasteiger partial charge < -0.3 is 0 Å². The van der Waals surface area contributed by atoms with Crippen molar-refractivity contribution in [2.24, 2.45) is 0 Å². The molecule has 2 aromatic rings. The molecule has 0 heterocycles. The fraction of sp³-hybridized carbons (Fsp3) is 0.